The molecule has 1 heterocycles. The molecule has 5 heteroatoms. The van der Waals surface area contributed by atoms with Gasteiger partial charge >= 0.3 is 5.97 Å². The van der Waals surface area contributed by atoms with E-state index in [2.05, 4.69) is 0 Å². The van der Waals surface area contributed by atoms with Crippen molar-refractivity contribution in [3.63, 3.8) is 0 Å². The predicted molar refractivity (Wildman–Crippen MR) is 99.3 cm³/mol. The molecule has 1 aromatic heterocycles. The molecule has 0 saturated heterocycles. The third-order valence-corrected chi connectivity index (χ3v) is 4.26. The Kier molecular flexibility index (Phi) is 4.34. The molecule has 27 heavy (non-hydrogen) atoms. The fourth-order valence-electron chi connectivity index (χ4n) is 2.95. The van der Waals surface area contributed by atoms with Crippen molar-refractivity contribution >= 4 is 16.9 Å². The summed E-state index contributed by atoms with van der Waals surface area (Å²) in [5, 5.41) is 10.1. The number of fused-ring (bicyclic) bond motifs is 1. The molecule has 0 spiro atoms. The van der Waals surface area contributed by atoms with Crippen molar-refractivity contribution in [1.82, 2.24) is 0 Å². The summed E-state index contributed by atoms with van der Waals surface area (Å²) in [4.78, 5) is 11.9. The summed E-state index contributed by atoms with van der Waals surface area (Å²) >= 11 is 0. The first-order valence-corrected chi connectivity index (χ1v) is 8.35. The molecule has 0 bridgehead atoms. The molecule has 4 rings (SSSR count). The Hall–Kier alpha value is -3.60. The van der Waals surface area contributed by atoms with E-state index in [9.17, 15) is 14.3 Å². The maximum absolute atomic E-state index is 13.7. The molecule has 4 nitrogen and oxygen atoms in total. The third kappa shape index (κ3) is 3.27. The van der Waals surface area contributed by atoms with E-state index < -0.39 is 5.97 Å². The molecule has 0 radical (unpaired) electrons. The first kappa shape index (κ1) is 16.8. The minimum absolute atomic E-state index is 0.0456. The van der Waals surface area contributed by atoms with Crippen LogP contribution in [0.2, 0.25) is 0 Å². The Morgan fingerprint density at radius 1 is 1.00 bits per heavy atom. The van der Waals surface area contributed by atoms with Gasteiger partial charge in [0.2, 0.25) is 0 Å². The minimum atomic E-state index is -1.08. The van der Waals surface area contributed by atoms with E-state index >= 15 is 0 Å². The van der Waals surface area contributed by atoms with Crippen LogP contribution in [0.3, 0.4) is 0 Å². The molecule has 0 unspecified atom stereocenters. The van der Waals surface area contributed by atoms with Gasteiger partial charge in [0.15, 0.2) is 0 Å². The largest absolute Gasteiger partial charge is 0.489 e. The molecule has 0 aliphatic rings. The van der Waals surface area contributed by atoms with Gasteiger partial charge in [-0.15, -0.1) is 0 Å². The van der Waals surface area contributed by atoms with Crippen LogP contribution in [0.25, 0.3) is 22.3 Å². The number of carboxylic acids is 1. The van der Waals surface area contributed by atoms with Gasteiger partial charge in [0.25, 0.3) is 0 Å². The molecular formula is C22H15FO4. The average molecular weight is 362 g/mol. The average Bonchev–Trinajstić information content (AvgIpc) is 3.07. The van der Waals surface area contributed by atoms with E-state index in [0.717, 1.165) is 0 Å². The second kappa shape index (κ2) is 6.96. The highest BCUT2D eigenvalue weighted by molar-refractivity contribution is 6.08. The van der Waals surface area contributed by atoms with Crippen molar-refractivity contribution in [1.29, 1.82) is 0 Å². The smallest absolute Gasteiger partial charge is 0.340 e. The lowest BCUT2D eigenvalue weighted by Gasteiger charge is -2.07. The molecule has 4 aromatic rings. The van der Waals surface area contributed by atoms with E-state index in [4.69, 9.17) is 9.15 Å². The molecular weight excluding hydrogens is 347 g/mol. The van der Waals surface area contributed by atoms with Gasteiger partial charge < -0.3 is 14.3 Å². The summed E-state index contributed by atoms with van der Waals surface area (Å²) in [5.74, 6) is -0.698. The quantitative estimate of drug-likeness (QED) is 0.508. The van der Waals surface area contributed by atoms with Crippen molar-refractivity contribution in [2.24, 2.45) is 0 Å². The van der Waals surface area contributed by atoms with E-state index in [1.165, 1.54) is 6.07 Å². The molecule has 1 N–H and O–H groups in total. The molecule has 3 aromatic carbocycles. The van der Waals surface area contributed by atoms with Crippen molar-refractivity contribution in [2.45, 2.75) is 6.61 Å². The fraction of sp³-hybridized carbons (Fsp3) is 0.0455. The van der Waals surface area contributed by atoms with E-state index in [1.54, 1.807) is 48.5 Å². The normalized spacial score (nSPS) is 10.9. The Morgan fingerprint density at radius 3 is 2.48 bits per heavy atom. The van der Waals surface area contributed by atoms with Gasteiger partial charge in [-0.25, -0.2) is 9.18 Å². The van der Waals surface area contributed by atoms with Crippen LogP contribution < -0.4 is 4.74 Å². The summed E-state index contributed by atoms with van der Waals surface area (Å²) in [5.41, 5.74) is 1.63. The van der Waals surface area contributed by atoms with Crippen molar-refractivity contribution in [2.75, 3.05) is 0 Å². The standard InChI is InChI=1S/C22H15FO4/c23-18-9-5-4-8-15(18)13-26-16-10-11-19-17(12-16)20(22(24)25)21(27-19)14-6-2-1-3-7-14/h1-12H,13H2,(H,24,25). The van der Waals surface area contributed by atoms with Gasteiger partial charge in [0.05, 0.1) is 0 Å². The summed E-state index contributed by atoms with van der Waals surface area (Å²) in [6.07, 6.45) is 0. The highest BCUT2D eigenvalue weighted by Crippen LogP contribution is 2.35. The molecule has 0 aliphatic carbocycles. The number of furan rings is 1. The van der Waals surface area contributed by atoms with Crippen molar-refractivity contribution in [3.05, 3.63) is 89.7 Å². The van der Waals surface area contributed by atoms with Crippen LogP contribution in [-0.4, -0.2) is 11.1 Å². The number of rotatable bonds is 5. The van der Waals surface area contributed by atoms with Crippen LogP contribution in [0.1, 0.15) is 15.9 Å². The van der Waals surface area contributed by atoms with Gasteiger partial charge in [-0.3, -0.25) is 0 Å². The first-order chi connectivity index (χ1) is 13.1. The number of aromatic carboxylic acids is 1. The van der Waals surface area contributed by atoms with Crippen LogP contribution in [0, 0.1) is 5.82 Å². The van der Waals surface area contributed by atoms with Crippen LogP contribution in [0.5, 0.6) is 5.75 Å². The Balaban J connectivity index is 1.72. The fourth-order valence-corrected chi connectivity index (χ4v) is 2.95. The van der Waals surface area contributed by atoms with Crippen LogP contribution in [0.15, 0.2) is 77.2 Å². The third-order valence-electron chi connectivity index (χ3n) is 4.26. The van der Waals surface area contributed by atoms with Gasteiger partial charge in [-0.05, 0) is 24.3 Å². The van der Waals surface area contributed by atoms with Crippen molar-refractivity contribution < 1.29 is 23.4 Å². The van der Waals surface area contributed by atoms with E-state index in [-0.39, 0.29) is 18.0 Å². The number of carbonyl (C=O) groups is 1. The second-order valence-electron chi connectivity index (χ2n) is 6.02. The lowest BCUT2D eigenvalue weighted by atomic mass is 10.1. The molecule has 0 atom stereocenters. The minimum Gasteiger partial charge on any atom is -0.489 e. The summed E-state index contributed by atoms with van der Waals surface area (Å²) < 4.78 is 25.2. The zero-order valence-electron chi connectivity index (χ0n) is 14.2. The topological polar surface area (TPSA) is 59.7 Å². The molecule has 0 saturated carbocycles. The van der Waals surface area contributed by atoms with Gasteiger partial charge in [-0.1, -0.05) is 48.5 Å². The maximum atomic E-state index is 13.7. The van der Waals surface area contributed by atoms with Crippen LogP contribution in [0.4, 0.5) is 4.39 Å². The molecule has 0 aliphatic heterocycles. The number of ether oxygens (including phenoxy) is 1. The monoisotopic (exact) mass is 362 g/mol. The van der Waals surface area contributed by atoms with Gasteiger partial charge in [0, 0.05) is 16.5 Å². The predicted octanol–water partition coefficient (Wildman–Crippen LogP) is 5.52. The number of halogens is 1. The molecule has 134 valence electrons. The summed E-state index contributed by atoms with van der Waals surface area (Å²) in [6, 6.07) is 20.4. The van der Waals surface area contributed by atoms with Gasteiger partial charge in [-0.2, -0.15) is 0 Å². The molecule has 0 amide bonds. The lowest BCUT2D eigenvalue weighted by Crippen LogP contribution is -1.99. The van der Waals surface area contributed by atoms with E-state index in [0.29, 0.717) is 33.6 Å². The zero-order valence-corrected chi connectivity index (χ0v) is 14.2. The SMILES string of the molecule is O=C(O)c1c(-c2ccccc2)oc2ccc(OCc3ccccc3F)cc12. The number of benzene rings is 3. The highest BCUT2D eigenvalue weighted by Gasteiger charge is 2.22. The number of hydrogen-bond acceptors (Lipinski definition) is 3. The highest BCUT2D eigenvalue weighted by atomic mass is 19.1. The molecule has 0 fully saturated rings. The summed E-state index contributed by atoms with van der Waals surface area (Å²) in [6.45, 7) is 0.0456. The lowest BCUT2D eigenvalue weighted by molar-refractivity contribution is 0.0699. The van der Waals surface area contributed by atoms with Crippen LogP contribution >= 0.6 is 0 Å². The maximum Gasteiger partial charge on any atom is 0.340 e. The first-order valence-electron chi connectivity index (χ1n) is 8.35. The zero-order chi connectivity index (χ0) is 18.8. The van der Waals surface area contributed by atoms with Crippen molar-refractivity contribution in [3.8, 4) is 17.1 Å². The Bertz CT molecular complexity index is 1120. The number of carboxylic acid groups (broad SMARTS) is 1. The Labute approximate surface area is 154 Å². The second-order valence-corrected chi connectivity index (χ2v) is 6.02. The Morgan fingerprint density at radius 2 is 1.74 bits per heavy atom. The van der Waals surface area contributed by atoms with E-state index in [1.807, 2.05) is 18.2 Å². The number of hydrogen-bond donors (Lipinski definition) is 1. The van der Waals surface area contributed by atoms with Gasteiger partial charge in [0.1, 0.15) is 35.1 Å². The summed E-state index contributed by atoms with van der Waals surface area (Å²) in [7, 11) is 0. The van der Waals surface area contributed by atoms with Crippen LogP contribution in [-0.2, 0) is 6.61 Å².